The Labute approximate surface area is 107 Å². The van der Waals surface area contributed by atoms with E-state index in [1.54, 1.807) is 0 Å². The molecular formula is C10H7Cl2N3S. The zero-order chi connectivity index (χ0) is 11.5. The Hall–Kier alpha value is -0.970. The minimum Gasteiger partial charge on any atom is -0.399 e. The highest BCUT2D eigenvalue weighted by molar-refractivity contribution is 7.99. The van der Waals surface area contributed by atoms with Crippen molar-refractivity contribution in [1.29, 1.82) is 0 Å². The Bertz CT molecular complexity index is 499. The van der Waals surface area contributed by atoms with E-state index in [-0.39, 0.29) is 0 Å². The van der Waals surface area contributed by atoms with Gasteiger partial charge in [0.2, 0.25) is 0 Å². The summed E-state index contributed by atoms with van der Waals surface area (Å²) >= 11 is 12.9. The van der Waals surface area contributed by atoms with E-state index in [0.29, 0.717) is 21.2 Å². The average Bonchev–Trinajstić information content (AvgIpc) is 2.15. The van der Waals surface area contributed by atoms with E-state index in [9.17, 15) is 0 Å². The van der Waals surface area contributed by atoms with Crippen molar-refractivity contribution in [2.75, 3.05) is 5.73 Å². The third-order valence-electron chi connectivity index (χ3n) is 1.71. The molecule has 6 heteroatoms. The molecule has 3 nitrogen and oxygen atoms in total. The van der Waals surface area contributed by atoms with Gasteiger partial charge in [0.1, 0.15) is 10.3 Å². The average molecular weight is 272 g/mol. The van der Waals surface area contributed by atoms with Gasteiger partial charge in [-0.05, 0) is 30.0 Å². The van der Waals surface area contributed by atoms with Crippen LogP contribution in [0.15, 0.2) is 40.4 Å². The molecule has 16 heavy (non-hydrogen) atoms. The highest BCUT2D eigenvalue weighted by atomic mass is 35.5. The molecule has 0 aliphatic carbocycles. The molecule has 2 aromatic rings. The predicted molar refractivity (Wildman–Crippen MR) is 67.0 cm³/mol. The summed E-state index contributed by atoms with van der Waals surface area (Å²) < 4.78 is 0. The van der Waals surface area contributed by atoms with Crippen LogP contribution in [0.2, 0.25) is 10.3 Å². The van der Waals surface area contributed by atoms with Crippen molar-refractivity contribution in [3.63, 3.8) is 0 Å². The van der Waals surface area contributed by atoms with Crippen LogP contribution in [0.4, 0.5) is 5.69 Å². The van der Waals surface area contributed by atoms with E-state index in [2.05, 4.69) is 9.97 Å². The highest BCUT2D eigenvalue weighted by Gasteiger charge is 2.04. The highest BCUT2D eigenvalue weighted by Crippen LogP contribution is 2.27. The van der Waals surface area contributed by atoms with Gasteiger partial charge in [-0.15, -0.1) is 0 Å². The second-order valence-corrected chi connectivity index (χ2v) is 4.79. The first kappa shape index (κ1) is 11.5. The summed E-state index contributed by atoms with van der Waals surface area (Å²) in [6, 6.07) is 8.92. The monoisotopic (exact) mass is 271 g/mol. The van der Waals surface area contributed by atoms with Gasteiger partial charge in [0, 0.05) is 16.6 Å². The number of hydrogen-bond acceptors (Lipinski definition) is 4. The van der Waals surface area contributed by atoms with Crippen molar-refractivity contribution in [3.8, 4) is 0 Å². The predicted octanol–water partition coefficient (Wildman–Crippen LogP) is 3.52. The Balaban J connectivity index is 2.27. The maximum Gasteiger partial charge on any atom is 0.195 e. The van der Waals surface area contributed by atoms with Gasteiger partial charge in [-0.25, -0.2) is 9.97 Å². The molecule has 0 bridgehead atoms. The molecule has 1 aromatic carbocycles. The number of anilines is 1. The number of halogens is 2. The van der Waals surface area contributed by atoms with Crippen molar-refractivity contribution in [2.24, 2.45) is 0 Å². The zero-order valence-electron chi connectivity index (χ0n) is 8.02. The lowest BCUT2D eigenvalue weighted by Gasteiger charge is -2.02. The van der Waals surface area contributed by atoms with Gasteiger partial charge in [-0.3, -0.25) is 0 Å². The lowest BCUT2D eigenvalue weighted by molar-refractivity contribution is 0.968. The van der Waals surface area contributed by atoms with Crippen LogP contribution < -0.4 is 5.73 Å². The summed E-state index contributed by atoms with van der Waals surface area (Å²) in [7, 11) is 0. The summed E-state index contributed by atoms with van der Waals surface area (Å²) in [5.74, 6) is 0. The fraction of sp³-hybridized carbons (Fsp3) is 0. The Morgan fingerprint density at radius 3 is 2.38 bits per heavy atom. The van der Waals surface area contributed by atoms with Crippen LogP contribution in [-0.2, 0) is 0 Å². The third kappa shape index (κ3) is 3.01. The molecule has 1 heterocycles. The van der Waals surface area contributed by atoms with Crippen LogP contribution in [-0.4, -0.2) is 9.97 Å². The van der Waals surface area contributed by atoms with E-state index in [4.69, 9.17) is 28.9 Å². The van der Waals surface area contributed by atoms with Crippen LogP contribution >= 0.6 is 35.0 Å². The molecule has 0 amide bonds. The normalized spacial score (nSPS) is 10.4. The Morgan fingerprint density at radius 1 is 1.06 bits per heavy atom. The number of benzene rings is 1. The molecule has 0 aliphatic rings. The van der Waals surface area contributed by atoms with Crippen molar-refractivity contribution in [2.45, 2.75) is 10.1 Å². The molecule has 0 saturated heterocycles. The standard InChI is InChI=1S/C10H7Cl2N3S/c11-8-5-9(12)15-10(14-8)16-7-3-1-2-6(13)4-7/h1-5H,13H2. The molecule has 2 rings (SSSR count). The second kappa shape index (κ2) is 4.91. The van der Waals surface area contributed by atoms with E-state index >= 15 is 0 Å². The Kier molecular flexibility index (Phi) is 3.53. The van der Waals surface area contributed by atoms with Crippen molar-refractivity contribution < 1.29 is 0 Å². The van der Waals surface area contributed by atoms with Gasteiger partial charge in [0.05, 0.1) is 0 Å². The summed E-state index contributed by atoms with van der Waals surface area (Å²) in [5, 5.41) is 1.15. The number of aromatic nitrogens is 2. The summed E-state index contributed by atoms with van der Waals surface area (Å²) in [5.41, 5.74) is 6.36. The van der Waals surface area contributed by atoms with Crippen LogP contribution in [0.25, 0.3) is 0 Å². The van der Waals surface area contributed by atoms with Crippen LogP contribution in [0.5, 0.6) is 0 Å². The summed E-state index contributed by atoms with van der Waals surface area (Å²) in [4.78, 5) is 9.04. The molecule has 1 aromatic heterocycles. The van der Waals surface area contributed by atoms with Gasteiger partial charge >= 0.3 is 0 Å². The fourth-order valence-corrected chi connectivity index (χ4v) is 2.46. The van der Waals surface area contributed by atoms with E-state index in [1.165, 1.54) is 17.8 Å². The van der Waals surface area contributed by atoms with Gasteiger partial charge in [0.15, 0.2) is 5.16 Å². The quantitative estimate of drug-likeness (QED) is 0.516. The van der Waals surface area contributed by atoms with Crippen LogP contribution in [0, 0.1) is 0 Å². The van der Waals surface area contributed by atoms with Gasteiger partial charge in [-0.2, -0.15) is 0 Å². The molecule has 0 saturated carbocycles. The van der Waals surface area contributed by atoms with Gasteiger partial charge < -0.3 is 5.73 Å². The largest absolute Gasteiger partial charge is 0.399 e. The second-order valence-electron chi connectivity index (χ2n) is 2.97. The van der Waals surface area contributed by atoms with Crippen LogP contribution in [0.3, 0.4) is 0 Å². The molecule has 2 N–H and O–H groups in total. The van der Waals surface area contributed by atoms with Crippen molar-refractivity contribution in [1.82, 2.24) is 9.97 Å². The summed E-state index contributed by atoms with van der Waals surface area (Å²) in [6.07, 6.45) is 0. The number of nitrogens with zero attached hydrogens (tertiary/aromatic N) is 2. The zero-order valence-corrected chi connectivity index (χ0v) is 10.4. The molecule has 0 radical (unpaired) electrons. The maximum atomic E-state index is 5.77. The van der Waals surface area contributed by atoms with E-state index in [1.807, 2.05) is 24.3 Å². The molecule has 82 valence electrons. The lowest BCUT2D eigenvalue weighted by Crippen LogP contribution is -1.88. The number of rotatable bonds is 2. The molecular weight excluding hydrogens is 265 g/mol. The minimum atomic E-state index is 0.325. The smallest absolute Gasteiger partial charge is 0.195 e. The van der Waals surface area contributed by atoms with Crippen molar-refractivity contribution in [3.05, 3.63) is 40.6 Å². The minimum absolute atomic E-state index is 0.325. The summed E-state index contributed by atoms with van der Waals surface area (Å²) in [6.45, 7) is 0. The molecule has 0 spiro atoms. The van der Waals surface area contributed by atoms with Gasteiger partial charge in [0.25, 0.3) is 0 Å². The first-order valence-corrected chi connectivity index (χ1v) is 5.94. The Morgan fingerprint density at radius 2 is 1.75 bits per heavy atom. The molecule has 0 aliphatic heterocycles. The SMILES string of the molecule is Nc1cccc(Sc2nc(Cl)cc(Cl)n2)c1. The number of nitrogens with two attached hydrogens (primary N) is 1. The molecule has 0 atom stereocenters. The first-order valence-electron chi connectivity index (χ1n) is 4.37. The number of nitrogen functional groups attached to an aromatic ring is 1. The van der Waals surface area contributed by atoms with E-state index in [0.717, 1.165) is 4.90 Å². The molecule has 0 unspecified atom stereocenters. The topological polar surface area (TPSA) is 51.8 Å². The van der Waals surface area contributed by atoms with Gasteiger partial charge in [-0.1, -0.05) is 29.3 Å². The van der Waals surface area contributed by atoms with Crippen LogP contribution in [0.1, 0.15) is 0 Å². The van der Waals surface area contributed by atoms with E-state index < -0.39 is 0 Å². The molecule has 0 fully saturated rings. The fourth-order valence-electron chi connectivity index (χ4n) is 1.10. The first-order chi connectivity index (χ1) is 7.63. The number of hydrogen-bond donors (Lipinski definition) is 1. The van der Waals surface area contributed by atoms with Crippen molar-refractivity contribution >= 4 is 40.7 Å². The third-order valence-corrected chi connectivity index (χ3v) is 2.95. The maximum absolute atomic E-state index is 5.77. The lowest BCUT2D eigenvalue weighted by atomic mass is 10.3.